The number of carbonyl (C=O) groups excluding carboxylic acids is 1. The molecule has 0 saturated heterocycles. The number of benzene rings is 2. The van der Waals surface area contributed by atoms with Crippen molar-refractivity contribution in [2.45, 2.75) is 19.8 Å². The summed E-state index contributed by atoms with van der Waals surface area (Å²) in [6.45, 7) is 3.72. The molecule has 0 spiro atoms. The van der Waals surface area contributed by atoms with Crippen molar-refractivity contribution in [2.75, 3.05) is 19.8 Å². The lowest BCUT2D eigenvalue weighted by Crippen LogP contribution is -2.04. The van der Waals surface area contributed by atoms with Crippen molar-refractivity contribution in [1.82, 2.24) is 0 Å². The Morgan fingerprint density at radius 2 is 1.30 bits per heavy atom. The molecule has 0 atom stereocenters. The van der Waals surface area contributed by atoms with Crippen LogP contribution in [0.3, 0.4) is 0 Å². The van der Waals surface area contributed by atoms with Crippen molar-refractivity contribution in [3.63, 3.8) is 0 Å². The number of aldehydes is 1. The fourth-order valence-electron chi connectivity index (χ4n) is 2.12. The zero-order valence-corrected chi connectivity index (χ0v) is 13.4. The molecule has 0 radical (unpaired) electrons. The Kier molecular flexibility index (Phi) is 6.98. The predicted octanol–water partition coefficient (Wildman–Crippen LogP) is 4.14. The first-order chi connectivity index (χ1) is 11.3. The minimum atomic E-state index is 0.557. The summed E-state index contributed by atoms with van der Waals surface area (Å²) in [5.41, 5.74) is 0.578. The third kappa shape index (κ3) is 5.33. The summed E-state index contributed by atoms with van der Waals surface area (Å²) in [6, 6.07) is 14.9. The molecule has 2 aromatic rings. The van der Waals surface area contributed by atoms with Gasteiger partial charge in [0.25, 0.3) is 0 Å². The fourth-order valence-corrected chi connectivity index (χ4v) is 2.12. The first-order valence-corrected chi connectivity index (χ1v) is 7.86. The molecule has 0 heterocycles. The number of hydrogen-bond donors (Lipinski definition) is 0. The van der Waals surface area contributed by atoms with Gasteiger partial charge in [-0.2, -0.15) is 0 Å². The Hall–Kier alpha value is -2.49. The summed E-state index contributed by atoms with van der Waals surface area (Å²) < 4.78 is 16.9. The number of ether oxygens (including phenoxy) is 3. The second-order valence-corrected chi connectivity index (χ2v) is 4.94. The molecule has 122 valence electrons. The van der Waals surface area contributed by atoms with Crippen LogP contribution in [0.2, 0.25) is 0 Å². The lowest BCUT2D eigenvalue weighted by Gasteiger charge is -2.12. The Morgan fingerprint density at radius 1 is 0.783 bits per heavy atom. The Labute approximate surface area is 137 Å². The molecule has 0 unspecified atom stereocenters. The van der Waals surface area contributed by atoms with Crippen molar-refractivity contribution in [2.24, 2.45) is 0 Å². The van der Waals surface area contributed by atoms with E-state index in [9.17, 15) is 4.79 Å². The van der Waals surface area contributed by atoms with Crippen LogP contribution in [0.1, 0.15) is 30.1 Å². The van der Waals surface area contributed by atoms with Crippen LogP contribution in [0.25, 0.3) is 0 Å². The van der Waals surface area contributed by atoms with Crippen LogP contribution in [-0.2, 0) is 0 Å². The maximum atomic E-state index is 10.9. The van der Waals surface area contributed by atoms with Crippen LogP contribution in [0, 0.1) is 0 Å². The van der Waals surface area contributed by atoms with E-state index in [1.54, 1.807) is 12.1 Å². The van der Waals surface area contributed by atoms with E-state index in [1.165, 1.54) is 0 Å². The van der Waals surface area contributed by atoms with Crippen LogP contribution < -0.4 is 14.2 Å². The third-order valence-corrected chi connectivity index (χ3v) is 3.25. The summed E-state index contributed by atoms with van der Waals surface area (Å²) >= 11 is 0. The summed E-state index contributed by atoms with van der Waals surface area (Å²) in [5.74, 6) is 2.16. The molecule has 0 N–H and O–H groups in total. The molecular formula is C19H22O4. The van der Waals surface area contributed by atoms with Crippen LogP contribution >= 0.6 is 0 Å². The standard InChI is InChI=1S/C19H22O4/c1-2-21-18-11-5-6-12-19(18)23-14-8-7-13-22-17-10-4-3-9-16(17)15-20/h3-6,9-12,15H,2,7-8,13-14H2,1H3. The van der Waals surface area contributed by atoms with Gasteiger partial charge in [-0.15, -0.1) is 0 Å². The summed E-state index contributed by atoms with van der Waals surface area (Å²) in [6.07, 6.45) is 2.52. The summed E-state index contributed by atoms with van der Waals surface area (Å²) in [4.78, 5) is 10.9. The van der Waals surface area contributed by atoms with Crippen molar-refractivity contribution >= 4 is 6.29 Å². The van der Waals surface area contributed by atoms with Gasteiger partial charge in [-0.25, -0.2) is 0 Å². The molecule has 0 aliphatic heterocycles. The number of carbonyl (C=O) groups is 1. The second kappa shape index (κ2) is 9.51. The molecule has 0 aromatic heterocycles. The zero-order chi connectivity index (χ0) is 16.3. The highest BCUT2D eigenvalue weighted by molar-refractivity contribution is 5.79. The average molecular weight is 314 g/mol. The van der Waals surface area contributed by atoms with Gasteiger partial charge in [0, 0.05) is 0 Å². The number of hydrogen-bond acceptors (Lipinski definition) is 4. The largest absolute Gasteiger partial charge is 0.493 e. The van der Waals surface area contributed by atoms with Gasteiger partial charge < -0.3 is 14.2 Å². The first kappa shape index (κ1) is 16.9. The molecule has 0 aliphatic rings. The predicted molar refractivity (Wildman–Crippen MR) is 89.7 cm³/mol. The molecule has 0 aliphatic carbocycles. The van der Waals surface area contributed by atoms with Crippen molar-refractivity contribution in [3.8, 4) is 17.2 Å². The maximum absolute atomic E-state index is 10.9. The second-order valence-electron chi connectivity index (χ2n) is 4.94. The lowest BCUT2D eigenvalue weighted by molar-refractivity contribution is 0.111. The van der Waals surface area contributed by atoms with Crippen molar-refractivity contribution in [3.05, 3.63) is 54.1 Å². The van der Waals surface area contributed by atoms with E-state index in [2.05, 4.69) is 0 Å². The number of rotatable bonds is 10. The quantitative estimate of drug-likeness (QED) is 0.488. The van der Waals surface area contributed by atoms with Gasteiger partial charge in [0.05, 0.1) is 25.4 Å². The van der Waals surface area contributed by atoms with E-state index in [-0.39, 0.29) is 0 Å². The molecule has 0 amide bonds. The normalized spacial score (nSPS) is 10.1. The van der Waals surface area contributed by atoms with Crippen LogP contribution in [0.5, 0.6) is 17.2 Å². The maximum Gasteiger partial charge on any atom is 0.161 e. The van der Waals surface area contributed by atoms with E-state index in [0.29, 0.717) is 31.1 Å². The van der Waals surface area contributed by atoms with E-state index in [1.807, 2.05) is 43.3 Å². The molecule has 2 aromatic carbocycles. The van der Waals surface area contributed by atoms with Gasteiger partial charge in [-0.1, -0.05) is 24.3 Å². The van der Waals surface area contributed by atoms with Gasteiger partial charge in [0.2, 0.25) is 0 Å². The molecule has 0 fully saturated rings. The monoisotopic (exact) mass is 314 g/mol. The molecular weight excluding hydrogens is 292 g/mol. The average Bonchev–Trinajstić information content (AvgIpc) is 2.60. The van der Waals surface area contributed by atoms with E-state index in [0.717, 1.165) is 30.6 Å². The van der Waals surface area contributed by atoms with Gasteiger partial charge in [0.1, 0.15) is 5.75 Å². The van der Waals surface area contributed by atoms with E-state index >= 15 is 0 Å². The number of para-hydroxylation sites is 3. The van der Waals surface area contributed by atoms with Gasteiger partial charge in [-0.05, 0) is 44.0 Å². The fraction of sp³-hybridized carbons (Fsp3) is 0.316. The summed E-state index contributed by atoms with van der Waals surface area (Å²) in [7, 11) is 0. The van der Waals surface area contributed by atoms with Gasteiger partial charge in [0.15, 0.2) is 17.8 Å². The smallest absolute Gasteiger partial charge is 0.161 e. The zero-order valence-electron chi connectivity index (χ0n) is 13.4. The van der Waals surface area contributed by atoms with E-state index in [4.69, 9.17) is 14.2 Å². The molecule has 4 heteroatoms. The first-order valence-electron chi connectivity index (χ1n) is 7.86. The SMILES string of the molecule is CCOc1ccccc1OCCCCOc1ccccc1C=O. The Bertz CT molecular complexity index is 610. The lowest BCUT2D eigenvalue weighted by atomic mass is 10.2. The van der Waals surface area contributed by atoms with Crippen LogP contribution in [-0.4, -0.2) is 26.1 Å². The Morgan fingerprint density at radius 3 is 1.91 bits per heavy atom. The molecule has 0 bridgehead atoms. The summed E-state index contributed by atoms with van der Waals surface area (Å²) in [5, 5.41) is 0. The minimum absolute atomic E-state index is 0.557. The topological polar surface area (TPSA) is 44.8 Å². The highest BCUT2D eigenvalue weighted by Crippen LogP contribution is 2.26. The Balaban J connectivity index is 1.69. The minimum Gasteiger partial charge on any atom is -0.493 e. The van der Waals surface area contributed by atoms with Crippen LogP contribution in [0.15, 0.2) is 48.5 Å². The van der Waals surface area contributed by atoms with Crippen molar-refractivity contribution < 1.29 is 19.0 Å². The third-order valence-electron chi connectivity index (χ3n) is 3.25. The van der Waals surface area contributed by atoms with Gasteiger partial charge >= 0.3 is 0 Å². The molecule has 0 saturated carbocycles. The number of unbranched alkanes of at least 4 members (excludes halogenated alkanes) is 1. The van der Waals surface area contributed by atoms with E-state index < -0.39 is 0 Å². The van der Waals surface area contributed by atoms with Gasteiger partial charge in [-0.3, -0.25) is 4.79 Å². The van der Waals surface area contributed by atoms with Crippen molar-refractivity contribution in [1.29, 1.82) is 0 Å². The van der Waals surface area contributed by atoms with Crippen LogP contribution in [0.4, 0.5) is 0 Å². The molecule has 23 heavy (non-hydrogen) atoms. The highest BCUT2D eigenvalue weighted by atomic mass is 16.5. The molecule has 2 rings (SSSR count). The highest BCUT2D eigenvalue weighted by Gasteiger charge is 2.04. The molecule has 4 nitrogen and oxygen atoms in total.